The van der Waals surface area contributed by atoms with Crippen molar-refractivity contribution in [3.05, 3.63) is 0 Å². The zero-order valence-corrected chi connectivity index (χ0v) is 8.50. The maximum atomic E-state index is 11.4. The highest BCUT2D eigenvalue weighted by molar-refractivity contribution is 5.80. The largest absolute Gasteiger partial charge is 0.384 e. The van der Waals surface area contributed by atoms with Gasteiger partial charge in [-0.2, -0.15) is 0 Å². The number of carbonyl (C=O) groups is 1. The molecule has 1 atom stereocenters. The topological polar surface area (TPSA) is 52.6 Å². The summed E-state index contributed by atoms with van der Waals surface area (Å²) in [6.07, 6.45) is -0.881. The van der Waals surface area contributed by atoms with Gasteiger partial charge < -0.3 is 15.3 Å². The van der Waals surface area contributed by atoms with Gasteiger partial charge in [0, 0.05) is 25.2 Å². The van der Waals surface area contributed by atoms with E-state index in [-0.39, 0.29) is 11.4 Å². The van der Waals surface area contributed by atoms with Crippen molar-refractivity contribution in [2.24, 2.45) is 0 Å². The van der Waals surface area contributed by atoms with Crippen molar-refractivity contribution in [1.29, 1.82) is 0 Å². The molecule has 0 spiro atoms. The predicted octanol–water partition coefficient (Wildman–Crippen LogP) is -0.422. The van der Waals surface area contributed by atoms with Crippen LogP contribution in [0.4, 0.5) is 0 Å². The average Bonchev–Trinajstić information content (AvgIpc) is 2.01. The summed E-state index contributed by atoms with van der Waals surface area (Å²) < 4.78 is 0. The molecule has 0 aromatic carbocycles. The second kappa shape index (κ2) is 3.64. The number of piperazine rings is 1. The van der Waals surface area contributed by atoms with Gasteiger partial charge in [0.2, 0.25) is 0 Å². The van der Waals surface area contributed by atoms with Crippen LogP contribution in [-0.4, -0.2) is 47.2 Å². The van der Waals surface area contributed by atoms with Crippen molar-refractivity contribution in [2.45, 2.75) is 32.4 Å². The first-order valence-corrected chi connectivity index (χ1v) is 4.64. The molecule has 4 nitrogen and oxygen atoms in total. The van der Waals surface area contributed by atoms with Gasteiger partial charge in [-0.05, 0) is 20.8 Å². The molecule has 76 valence electrons. The molecule has 0 saturated carbocycles. The lowest BCUT2D eigenvalue weighted by atomic mass is 10.0. The molecule has 4 heteroatoms. The fourth-order valence-corrected chi connectivity index (χ4v) is 1.59. The Morgan fingerprint density at radius 1 is 1.62 bits per heavy atom. The first-order valence-electron chi connectivity index (χ1n) is 4.64. The highest BCUT2D eigenvalue weighted by Gasteiger charge is 2.29. The van der Waals surface area contributed by atoms with Gasteiger partial charge in [-0.3, -0.25) is 4.79 Å². The van der Waals surface area contributed by atoms with Gasteiger partial charge >= 0.3 is 0 Å². The number of rotatable bonds is 1. The van der Waals surface area contributed by atoms with E-state index in [1.807, 2.05) is 0 Å². The first-order chi connectivity index (χ1) is 5.92. The molecule has 2 N–H and O–H groups in total. The summed E-state index contributed by atoms with van der Waals surface area (Å²) in [5.74, 6) is -0.172. The lowest BCUT2D eigenvalue weighted by Crippen LogP contribution is -2.59. The fraction of sp³-hybridized carbons (Fsp3) is 0.889. The molecular weight excluding hydrogens is 168 g/mol. The molecule has 0 bridgehead atoms. The molecule has 0 aromatic heterocycles. The Kier molecular flexibility index (Phi) is 2.93. The van der Waals surface area contributed by atoms with Crippen LogP contribution in [0.3, 0.4) is 0 Å². The molecule has 0 radical (unpaired) electrons. The van der Waals surface area contributed by atoms with E-state index >= 15 is 0 Å². The molecule has 13 heavy (non-hydrogen) atoms. The number of nitrogens with zero attached hydrogens (tertiary/aromatic N) is 1. The monoisotopic (exact) mass is 186 g/mol. The van der Waals surface area contributed by atoms with Crippen LogP contribution in [-0.2, 0) is 4.79 Å². The second-order valence-electron chi connectivity index (χ2n) is 4.25. The number of hydrogen-bond acceptors (Lipinski definition) is 3. The summed E-state index contributed by atoms with van der Waals surface area (Å²) in [6, 6.07) is 0. The molecule has 1 heterocycles. The number of hydrogen-bond donors (Lipinski definition) is 2. The Balaban J connectivity index is 2.57. The SMILES string of the molecule is C[C@H](O)C(=O)N1CCNC(C)(C)C1. The summed E-state index contributed by atoms with van der Waals surface area (Å²) in [5, 5.41) is 12.4. The lowest BCUT2D eigenvalue weighted by molar-refractivity contribution is -0.141. The summed E-state index contributed by atoms with van der Waals surface area (Å²) >= 11 is 0. The van der Waals surface area contributed by atoms with Crippen molar-refractivity contribution in [1.82, 2.24) is 10.2 Å². The molecule has 0 unspecified atom stereocenters. The van der Waals surface area contributed by atoms with E-state index in [4.69, 9.17) is 5.11 Å². The molecular formula is C9H18N2O2. The molecule has 1 amide bonds. The van der Waals surface area contributed by atoms with Crippen LogP contribution in [0, 0.1) is 0 Å². The number of carbonyl (C=O) groups excluding carboxylic acids is 1. The summed E-state index contributed by atoms with van der Waals surface area (Å²) in [6.45, 7) is 7.76. The Morgan fingerprint density at radius 2 is 2.23 bits per heavy atom. The van der Waals surface area contributed by atoms with E-state index in [0.717, 1.165) is 6.54 Å². The minimum Gasteiger partial charge on any atom is -0.384 e. The van der Waals surface area contributed by atoms with Crippen molar-refractivity contribution in [2.75, 3.05) is 19.6 Å². The van der Waals surface area contributed by atoms with Gasteiger partial charge in [-0.15, -0.1) is 0 Å². The van der Waals surface area contributed by atoms with Crippen molar-refractivity contribution < 1.29 is 9.90 Å². The third-order valence-electron chi connectivity index (χ3n) is 2.24. The lowest BCUT2D eigenvalue weighted by Gasteiger charge is -2.39. The molecule has 1 fully saturated rings. The minimum absolute atomic E-state index is 0.0389. The van der Waals surface area contributed by atoms with Crippen LogP contribution in [0.5, 0.6) is 0 Å². The molecule has 1 saturated heterocycles. The van der Waals surface area contributed by atoms with Crippen molar-refractivity contribution in [3.63, 3.8) is 0 Å². The number of nitrogens with one attached hydrogen (secondary N) is 1. The van der Waals surface area contributed by atoms with Crippen LogP contribution < -0.4 is 5.32 Å². The van der Waals surface area contributed by atoms with E-state index in [1.54, 1.807) is 4.90 Å². The zero-order chi connectivity index (χ0) is 10.1. The van der Waals surface area contributed by atoms with Crippen LogP contribution in [0.1, 0.15) is 20.8 Å². The summed E-state index contributed by atoms with van der Waals surface area (Å²) in [7, 11) is 0. The smallest absolute Gasteiger partial charge is 0.251 e. The summed E-state index contributed by atoms with van der Waals surface area (Å²) in [5.41, 5.74) is -0.0389. The van der Waals surface area contributed by atoms with E-state index in [1.165, 1.54) is 6.92 Å². The van der Waals surface area contributed by atoms with E-state index < -0.39 is 6.10 Å². The van der Waals surface area contributed by atoms with Crippen LogP contribution in [0.2, 0.25) is 0 Å². The third kappa shape index (κ3) is 2.67. The quantitative estimate of drug-likeness (QED) is 0.584. The standard InChI is InChI=1S/C9H18N2O2/c1-7(12)8(13)11-5-4-10-9(2,3)6-11/h7,10,12H,4-6H2,1-3H3/t7-/m0/s1. The highest BCUT2D eigenvalue weighted by atomic mass is 16.3. The number of aliphatic hydroxyl groups is 1. The van der Waals surface area contributed by atoms with Crippen LogP contribution in [0.25, 0.3) is 0 Å². The second-order valence-corrected chi connectivity index (χ2v) is 4.25. The maximum Gasteiger partial charge on any atom is 0.251 e. The number of amides is 1. The first kappa shape index (κ1) is 10.5. The molecule has 1 aliphatic heterocycles. The van der Waals surface area contributed by atoms with Gasteiger partial charge in [0.05, 0.1) is 0 Å². The average molecular weight is 186 g/mol. The van der Waals surface area contributed by atoms with E-state index in [9.17, 15) is 4.79 Å². The van der Waals surface area contributed by atoms with Crippen LogP contribution >= 0.6 is 0 Å². The summed E-state index contributed by atoms with van der Waals surface area (Å²) in [4.78, 5) is 13.1. The van der Waals surface area contributed by atoms with Crippen molar-refractivity contribution >= 4 is 5.91 Å². The maximum absolute atomic E-state index is 11.4. The minimum atomic E-state index is -0.881. The van der Waals surface area contributed by atoms with Crippen LogP contribution in [0.15, 0.2) is 0 Å². The third-order valence-corrected chi connectivity index (χ3v) is 2.24. The van der Waals surface area contributed by atoms with Crippen molar-refractivity contribution in [3.8, 4) is 0 Å². The van der Waals surface area contributed by atoms with Gasteiger partial charge in [-0.25, -0.2) is 0 Å². The van der Waals surface area contributed by atoms with E-state index in [0.29, 0.717) is 13.1 Å². The number of aliphatic hydroxyl groups excluding tert-OH is 1. The predicted molar refractivity (Wildman–Crippen MR) is 50.3 cm³/mol. The van der Waals surface area contributed by atoms with Gasteiger partial charge in [0.1, 0.15) is 6.10 Å². The Bertz CT molecular complexity index is 202. The van der Waals surface area contributed by atoms with Gasteiger partial charge in [0.15, 0.2) is 0 Å². The Hall–Kier alpha value is -0.610. The zero-order valence-electron chi connectivity index (χ0n) is 8.50. The fourth-order valence-electron chi connectivity index (χ4n) is 1.59. The molecule has 1 aliphatic rings. The normalized spacial score (nSPS) is 24.2. The molecule has 0 aromatic rings. The van der Waals surface area contributed by atoms with Gasteiger partial charge in [0.25, 0.3) is 5.91 Å². The Morgan fingerprint density at radius 3 is 2.69 bits per heavy atom. The van der Waals surface area contributed by atoms with E-state index in [2.05, 4.69) is 19.2 Å². The van der Waals surface area contributed by atoms with Gasteiger partial charge in [-0.1, -0.05) is 0 Å². The molecule has 1 rings (SSSR count). The highest BCUT2D eigenvalue weighted by Crippen LogP contribution is 2.10. The molecule has 0 aliphatic carbocycles. The Labute approximate surface area is 78.9 Å².